The molecule has 2 amide bonds. The van der Waals surface area contributed by atoms with Crippen LogP contribution in [0.2, 0.25) is 0 Å². The van der Waals surface area contributed by atoms with Gasteiger partial charge in [0, 0.05) is 24.0 Å². The fraction of sp³-hybridized carbons (Fsp3) is 0.542. The molecule has 1 aliphatic heterocycles. The summed E-state index contributed by atoms with van der Waals surface area (Å²) < 4.78 is 31.9. The number of aromatic nitrogens is 1. The van der Waals surface area contributed by atoms with Gasteiger partial charge in [-0.15, -0.1) is 0 Å². The number of amides is 2. The van der Waals surface area contributed by atoms with E-state index in [2.05, 4.69) is 15.6 Å². The predicted molar refractivity (Wildman–Crippen MR) is 133 cm³/mol. The Bertz CT molecular complexity index is 1190. The molecule has 10 nitrogen and oxygen atoms in total. The Labute approximate surface area is 205 Å². The van der Waals surface area contributed by atoms with Crippen molar-refractivity contribution in [1.82, 2.24) is 19.9 Å². The number of nitrogens with zero attached hydrogens (tertiary/aromatic N) is 1. The molecule has 1 aliphatic rings. The van der Waals surface area contributed by atoms with Crippen molar-refractivity contribution in [3.05, 3.63) is 30.0 Å². The molecule has 11 heteroatoms. The number of rotatable bonds is 12. The van der Waals surface area contributed by atoms with Crippen LogP contribution in [0.4, 0.5) is 0 Å². The van der Waals surface area contributed by atoms with Crippen LogP contribution in [0.15, 0.2) is 24.3 Å². The standard InChI is InChI=1S/C24H34N4O6S/c1-5-35(32,33)28(13-16-9-10-25-23(16)30)14-21(29)19(11-15(2)3)27-24(31)20-12-17-18(26-20)7-6-8-22(17)34-4/h6-8,12,15-16,19,26H,5,9-11,13-14H2,1-4H3,(H,25,30)(H,27,31)/t16-,19-/m0/s1. The van der Waals surface area contributed by atoms with Crippen molar-refractivity contribution >= 4 is 38.5 Å². The van der Waals surface area contributed by atoms with Gasteiger partial charge in [0.2, 0.25) is 15.9 Å². The Kier molecular flexibility index (Phi) is 8.55. The molecular weight excluding hydrogens is 472 g/mol. The lowest BCUT2D eigenvalue weighted by molar-refractivity contribution is -0.124. The average Bonchev–Trinajstić information content (AvgIpc) is 3.43. The SMILES string of the molecule is CCS(=O)(=O)N(CC(=O)[C@H](CC(C)C)NC(=O)c1cc2c(OC)cccc2[nH]1)C[C@@H]1CCNC1=O. The van der Waals surface area contributed by atoms with Gasteiger partial charge in [0.05, 0.1) is 31.4 Å². The molecule has 2 aromatic rings. The molecule has 1 saturated heterocycles. The van der Waals surface area contributed by atoms with Crippen molar-refractivity contribution in [3.8, 4) is 5.75 Å². The first-order valence-electron chi connectivity index (χ1n) is 11.8. The lowest BCUT2D eigenvalue weighted by atomic mass is 9.99. The summed E-state index contributed by atoms with van der Waals surface area (Å²) in [5.74, 6) is -1.10. The Hall–Kier alpha value is -2.92. The molecule has 0 aliphatic carbocycles. The van der Waals surface area contributed by atoms with E-state index in [9.17, 15) is 22.8 Å². The fourth-order valence-corrected chi connectivity index (χ4v) is 5.31. The lowest BCUT2D eigenvalue weighted by Gasteiger charge is -2.26. The molecule has 0 bridgehead atoms. The molecule has 1 aromatic heterocycles. The van der Waals surface area contributed by atoms with E-state index in [1.165, 1.54) is 6.92 Å². The summed E-state index contributed by atoms with van der Waals surface area (Å²) >= 11 is 0. The van der Waals surface area contributed by atoms with E-state index in [0.717, 1.165) is 15.2 Å². The Morgan fingerprint density at radius 1 is 1.29 bits per heavy atom. The third-order valence-electron chi connectivity index (χ3n) is 6.17. The first-order chi connectivity index (χ1) is 16.6. The lowest BCUT2D eigenvalue weighted by Crippen LogP contribution is -2.49. The number of H-pyrrole nitrogens is 1. The molecule has 1 aromatic carbocycles. The molecular formula is C24H34N4O6S. The number of ether oxygens (including phenoxy) is 1. The van der Waals surface area contributed by atoms with Crippen LogP contribution in [0.3, 0.4) is 0 Å². The average molecular weight is 507 g/mol. The van der Waals surface area contributed by atoms with E-state index in [1.807, 2.05) is 19.9 Å². The highest BCUT2D eigenvalue weighted by Crippen LogP contribution is 2.26. The number of sulfonamides is 1. The van der Waals surface area contributed by atoms with Gasteiger partial charge in [0.25, 0.3) is 5.91 Å². The third-order valence-corrected chi connectivity index (χ3v) is 7.96. The number of hydrogen-bond acceptors (Lipinski definition) is 6. The van der Waals surface area contributed by atoms with E-state index >= 15 is 0 Å². The second-order valence-electron chi connectivity index (χ2n) is 9.20. The van der Waals surface area contributed by atoms with Crippen molar-refractivity contribution in [2.24, 2.45) is 11.8 Å². The highest BCUT2D eigenvalue weighted by molar-refractivity contribution is 7.89. The van der Waals surface area contributed by atoms with Gasteiger partial charge in [-0.1, -0.05) is 19.9 Å². The van der Waals surface area contributed by atoms with Gasteiger partial charge in [0.1, 0.15) is 11.4 Å². The van der Waals surface area contributed by atoms with Crippen LogP contribution >= 0.6 is 0 Å². The summed E-state index contributed by atoms with van der Waals surface area (Å²) in [4.78, 5) is 41.4. The summed E-state index contributed by atoms with van der Waals surface area (Å²) in [6.07, 6.45) is 0.858. The maximum Gasteiger partial charge on any atom is 0.268 e. The van der Waals surface area contributed by atoms with Crippen LogP contribution in [0.1, 0.15) is 44.1 Å². The van der Waals surface area contributed by atoms with Crippen molar-refractivity contribution in [3.63, 3.8) is 0 Å². The topological polar surface area (TPSA) is 138 Å². The van der Waals surface area contributed by atoms with E-state index in [0.29, 0.717) is 25.1 Å². The first kappa shape index (κ1) is 26.7. The maximum atomic E-state index is 13.3. The molecule has 0 spiro atoms. The second kappa shape index (κ2) is 11.2. The molecule has 0 radical (unpaired) electrons. The van der Waals surface area contributed by atoms with Gasteiger partial charge >= 0.3 is 0 Å². The fourth-order valence-electron chi connectivity index (χ4n) is 4.21. The first-order valence-corrected chi connectivity index (χ1v) is 13.4. The van der Waals surface area contributed by atoms with Crippen LogP contribution < -0.4 is 15.4 Å². The zero-order chi connectivity index (χ0) is 25.8. The summed E-state index contributed by atoms with van der Waals surface area (Å²) in [7, 11) is -2.19. The van der Waals surface area contributed by atoms with Gasteiger partial charge in [-0.3, -0.25) is 14.4 Å². The molecule has 3 N–H and O–H groups in total. The molecule has 2 atom stereocenters. The van der Waals surface area contributed by atoms with Gasteiger partial charge in [0.15, 0.2) is 5.78 Å². The normalized spacial score (nSPS) is 17.1. The van der Waals surface area contributed by atoms with Crippen molar-refractivity contribution in [2.75, 3.05) is 32.5 Å². The maximum absolute atomic E-state index is 13.3. The molecule has 0 unspecified atom stereocenters. The minimum atomic E-state index is -3.73. The third kappa shape index (κ3) is 6.40. The monoisotopic (exact) mass is 506 g/mol. The number of carbonyl (C=O) groups excluding carboxylic acids is 3. The molecule has 35 heavy (non-hydrogen) atoms. The number of fused-ring (bicyclic) bond motifs is 1. The number of benzene rings is 1. The molecule has 2 heterocycles. The highest BCUT2D eigenvalue weighted by Gasteiger charge is 2.34. The van der Waals surface area contributed by atoms with Crippen LogP contribution in [0, 0.1) is 11.8 Å². The molecule has 0 saturated carbocycles. The minimum Gasteiger partial charge on any atom is -0.496 e. The van der Waals surface area contributed by atoms with E-state index in [4.69, 9.17) is 4.74 Å². The van der Waals surface area contributed by atoms with Gasteiger partial charge < -0.3 is 20.4 Å². The smallest absolute Gasteiger partial charge is 0.268 e. The van der Waals surface area contributed by atoms with Gasteiger partial charge in [-0.05, 0) is 43.9 Å². The number of methoxy groups -OCH3 is 1. The number of Topliss-reactive ketones (excluding diaryl/α,β-unsaturated/α-hetero) is 1. The van der Waals surface area contributed by atoms with Crippen molar-refractivity contribution in [2.45, 2.75) is 39.7 Å². The van der Waals surface area contributed by atoms with Crippen LogP contribution in [0.5, 0.6) is 5.75 Å². The van der Waals surface area contributed by atoms with E-state index < -0.39 is 40.2 Å². The van der Waals surface area contributed by atoms with Crippen molar-refractivity contribution in [1.29, 1.82) is 0 Å². The van der Waals surface area contributed by atoms with Crippen LogP contribution in [-0.2, 0) is 19.6 Å². The summed E-state index contributed by atoms with van der Waals surface area (Å²) in [5, 5.41) is 6.21. The quantitative estimate of drug-likeness (QED) is 0.400. The largest absolute Gasteiger partial charge is 0.496 e. The molecule has 192 valence electrons. The van der Waals surface area contributed by atoms with Crippen molar-refractivity contribution < 1.29 is 27.5 Å². The van der Waals surface area contributed by atoms with Crippen LogP contribution in [0.25, 0.3) is 10.9 Å². The van der Waals surface area contributed by atoms with E-state index in [-0.39, 0.29) is 29.8 Å². The summed E-state index contributed by atoms with van der Waals surface area (Å²) in [6, 6.07) is 6.18. The van der Waals surface area contributed by atoms with Gasteiger partial charge in [-0.2, -0.15) is 4.31 Å². The Morgan fingerprint density at radius 3 is 2.63 bits per heavy atom. The summed E-state index contributed by atoms with van der Waals surface area (Å²) in [6.45, 7) is 5.36. The highest BCUT2D eigenvalue weighted by atomic mass is 32.2. The molecule has 1 fully saturated rings. The predicted octanol–water partition coefficient (Wildman–Crippen LogP) is 1.68. The number of ketones is 1. The number of aromatic amines is 1. The van der Waals surface area contributed by atoms with E-state index in [1.54, 1.807) is 25.3 Å². The number of hydrogen-bond donors (Lipinski definition) is 3. The Balaban J connectivity index is 1.80. The minimum absolute atomic E-state index is 0.0576. The number of carbonyl (C=O) groups is 3. The zero-order valence-electron chi connectivity index (χ0n) is 20.6. The Morgan fingerprint density at radius 2 is 2.03 bits per heavy atom. The second-order valence-corrected chi connectivity index (χ2v) is 11.5. The molecule has 3 rings (SSSR count). The van der Waals surface area contributed by atoms with Crippen LogP contribution in [-0.4, -0.2) is 73.8 Å². The zero-order valence-corrected chi connectivity index (χ0v) is 21.4. The summed E-state index contributed by atoms with van der Waals surface area (Å²) in [5.41, 5.74) is 0.989. The number of nitrogens with one attached hydrogen (secondary N) is 3. The van der Waals surface area contributed by atoms with Gasteiger partial charge in [-0.25, -0.2) is 8.42 Å².